The summed E-state index contributed by atoms with van der Waals surface area (Å²) in [7, 11) is 3.26. The maximum atomic E-state index is 12.6. The minimum atomic E-state index is -0.398. The molecule has 0 aliphatic carbocycles. The quantitative estimate of drug-likeness (QED) is 0.827. The zero-order valence-electron chi connectivity index (χ0n) is 16.6. The van der Waals surface area contributed by atoms with Gasteiger partial charge in [-0.1, -0.05) is 18.2 Å². The van der Waals surface area contributed by atoms with Crippen molar-refractivity contribution in [3.8, 4) is 11.5 Å². The highest BCUT2D eigenvalue weighted by Crippen LogP contribution is 2.35. The Morgan fingerprint density at radius 1 is 1.07 bits per heavy atom. The number of hydrogen-bond acceptors (Lipinski definition) is 5. The minimum absolute atomic E-state index is 0.115. The summed E-state index contributed by atoms with van der Waals surface area (Å²) >= 11 is 0. The molecule has 2 heterocycles. The van der Waals surface area contributed by atoms with E-state index in [2.05, 4.69) is 16.9 Å². The number of piperidine rings is 1. The molecule has 2 N–H and O–H groups in total. The fourth-order valence-corrected chi connectivity index (χ4v) is 3.65. The fourth-order valence-electron chi connectivity index (χ4n) is 3.65. The first-order chi connectivity index (χ1) is 14.1. The van der Waals surface area contributed by atoms with Crippen molar-refractivity contribution in [2.75, 3.05) is 32.6 Å². The third-order valence-corrected chi connectivity index (χ3v) is 5.37. The van der Waals surface area contributed by atoms with Crippen LogP contribution in [0, 0.1) is 0 Å². The van der Waals surface area contributed by atoms with Gasteiger partial charge in [0.25, 0.3) is 0 Å². The van der Waals surface area contributed by atoms with E-state index in [1.807, 2.05) is 47.4 Å². The summed E-state index contributed by atoms with van der Waals surface area (Å²) in [6.45, 7) is 1.22. The lowest BCUT2D eigenvalue weighted by molar-refractivity contribution is -0.0634. The number of hydrogen-bond donors (Lipinski definition) is 2. The number of ether oxygens (including phenoxy) is 2. The lowest BCUT2D eigenvalue weighted by Crippen LogP contribution is -2.48. The largest absolute Gasteiger partial charge is 0.497 e. The summed E-state index contributed by atoms with van der Waals surface area (Å²) in [5, 5.41) is 2.93. The van der Waals surface area contributed by atoms with E-state index >= 15 is 0 Å². The maximum Gasteiger partial charge on any atom is 0.321 e. The van der Waals surface area contributed by atoms with E-state index in [1.165, 1.54) is 0 Å². The summed E-state index contributed by atoms with van der Waals surface area (Å²) < 4.78 is 10.5. The molecule has 29 heavy (non-hydrogen) atoms. The number of rotatable bonds is 4. The van der Waals surface area contributed by atoms with Gasteiger partial charge in [-0.05, 0) is 30.3 Å². The Kier molecular flexibility index (Phi) is 5.31. The molecule has 0 atom stereocenters. The Hall–Kier alpha value is -3.19. The van der Waals surface area contributed by atoms with Crippen LogP contribution >= 0.6 is 0 Å². The van der Waals surface area contributed by atoms with Crippen LogP contribution in [0.15, 0.2) is 54.6 Å². The highest BCUT2D eigenvalue weighted by atomic mass is 16.7. The minimum Gasteiger partial charge on any atom is -0.497 e. The third-order valence-electron chi connectivity index (χ3n) is 5.37. The van der Waals surface area contributed by atoms with Gasteiger partial charge in [0, 0.05) is 43.2 Å². The van der Waals surface area contributed by atoms with Gasteiger partial charge < -0.3 is 19.7 Å². The van der Waals surface area contributed by atoms with E-state index in [0.717, 1.165) is 29.9 Å². The Morgan fingerprint density at radius 3 is 2.48 bits per heavy atom. The normalized spacial score (nSPS) is 17.4. The molecule has 2 aromatic carbocycles. The number of amides is 2. The molecule has 0 bridgehead atoms. The third kappa shape index (κ3) is 4.14. The number of benzene rings is 2. The number of nitrogens with one attached hydrogen (secondary N) is 2. The Bertz CT molecular complexity index is 920. The van der Waals surface area contributed by atoms with Gasteiger partial charge in [0.15, 0.2) is 0 Å². The lowest BCUT2D eigenvalue weighted by Gasteiger charge is -2.36. The number of anilines is 1. The average Bonchev–Trinajstić information content (AvgIpc) is 3.18. The van der Waals surface area contributed by atoms with Gasteiger partial charge >= 0.3 is 6.03 Å². The summed E-state index contributed by atoms with van der Waals surface area (Å²) in [5.41, 5.74) is 5.31. The zero-order valence-corrected chi connectivity index (χ0v) is 16.6. The van der Waals surface area contributed by atoms with Crippen LogP contribution in [0.5, 0.6) is 11.5 Å². The Morgan fingerprint density at radius 2 is 1.76 bits per heavy atom. The number of nitrogens with zero attached hydrogens (tertiary/aromatic N) is 1. The van der Waals surface area contributed by atoms with Gasteiger partial charge in [0.2, 0.25) is 0 Å². The molecule has 2 aliphatic rings. The number of urea groups is 1. The molecule has 4 rings (SSSR count). The van der Waals surface area contributed by atoms with Crippen LogP contribution in [-0.4, -0.2) is 43.8 Å². The highest BCUT2D eigenvalue weighted by molar-refractivity contribution is 5.89. The van der Waals surface area contributed by atoms with Gasteiger partial charge in [-0.3, -0.25) is 10.3 Å². The van der Waals surface area contributed by atoms with Crippen molar-refractivity contribution < 1.29 is 19.1 Å². The number of hydroxylamine groups is 1. The molecule has 7 nitrogen and oxygen atoms in total. The second-order valence-electron chi connectivity index (χ2n) is 7.21. The van der Waals surface area contributed by atoms with E-state index in [9.17, 15) is 4.79 Å². The van der Waals surface area contributed by atoms with Crippen molar-refractivity contribution in [1.82, 2.24) is 10.4 Å². The molecule has 0 saturated carbocycles. The van der Waals surface area contributed by atoms with Crippen molar-refractivity contribution in [1.29, 1.82) is 0 Å². The van der Waals surface area contributed by atoms with Gasteiger partial charge in [-0.15, -0.1) is 0 Å². The summed E-state index contributed by atoms with van der Waals surface area (Å²) in [6, 6.07) is 15.1. The first kappa shape index (κ1) is 19.1. The molecule has 2 amide bonds. The molecule has 0 aromatic heterocycles. The smallest absolute Gasteiger partial charge is 0.321 e. The molecular weight excluding hydrogens is 370 g/mol. The monoisotopic (exact) mass is 395 g/mol. The molecule has 2 aliphatic heterocycles. The molecule has 152 valence electrons. The van der Waals surface area contributed by atoms with Crippen LogP contribution in [-0.2, 0) is 4.84 Å². The van der Waals surface area contributed by atoms with Gasteiger partial charge in [-0.2, -0.15) is 0 Å². The standard InChI is InChI=1S/C22H25N3O4/c1-27-18-7-3-5-16(13-18)20-15-22(29-24-20)9-11-25(12-10-22)21(26)23-17-6-4-8-19(14-17)28-2/h3-8,13-15,24H,9-12H2,1-2H3,(H,23,26). The van der Waals surface area contributed by atoms with Crippen LogP contribution in [0.25, 0.3) is 5.70 Å². The van der Waals surface area contributed by atoms with Crippen molar-refractivity contribution in [3.63, 3.8) is 0 Å². The van der Waals surface area contributed by atoms with Crippen LogP contribution in [0.3, 0.4) is 0 Å². The van der Waals surface area contributed by atoms with Crippen LogP contribution in [0.4, 0.5) is 10.5 Å². The zero-order chi connectivity index (χ0) is 20.3. The van der Waals surface area contributed by atoms with E-state index in [4.69, 9.17) is 14.3 Å². The van der Waals surface area contributed by atoms with Gasteiger partial charge in [-0.25, -0.2) is 4.79 Å². The van der Waals surface area contributed by atoms with Gasteiger partial charge in [0.1, 0.15) is 17.1 Å². The number of likely N-dealkylation sites (tertiary alicyclic amines) is 1. The SMILES string of the molecule is COc1cccc(NC(=O)N2CCC3(C=C(c4cccc(OC)c4)NO3)CC2)c1. The predicted octanol–water partition coefficient (Wildman–Crippen LogP) is 3.65. The molecule has 0 radical (unpaired) electrons. The van der Waals surface area contributed by atoms with Crippen molar-refractivity contribution in [3.05, 3.63) is 60.2 Å². The van der Waals surface area contributed by atoms with E-state index in [1.54, 1.807) is 20.3 Å². The van der Waals surface area contributed by atoms with Crippen molar-refractivity contribution in [2.24, 2.45) is 0 Å². The fraction of sp³-hybridized carbons (Fsp3) is 0.318. The molecule has 1 spiro atoms. The maximum absolute atomic E-state index is 12.6. The van der Waals surface area contributed by atoms with Crippen molar-refractivity contribution >= 4 is 17.4 Å². The lowest BCUT2D eigenvalue weighted by atomic mass is 9.90. The topological polar surface area (TPSA) is 72.1 Å². The van der Waals surface area contributed by atoms with Crippen LogP contribution < -0.4 is 20.3 Å². The molecule has 2 aromatic rings. The number of methoxy groups -OCH3 is 2. The molecule has 7 heteroatoms. The second-order valence-corrected chi connectivity index (χ2v) is 7.21. The van der Waals surface area contributed by atoms with Crippen LogP contribution in [0.2, 0.25) is 0 Å². The summed E-state index contributed by atoms with van der Waals surface area (Å²) in [6.07, 6.45) is 3.57. The number of carbonyl (C=O) groups is 1. The molecule has 1 fully saturated rings. The van der Waals surface area contributed by atoms with Gasteiger partial charge in [0.05, 0.1) is 19.9 Å². The molecular formula is C22H25N3O4. The highest BCUT2D eigenvalue weighted by Gasteiger charge is 2.40. The van der Waals surface area contributed by atoms with Crippen molar-refractivity contribution in [2.45, 2.75) is 18.4 Å². The van der Waals surface area contributed by atoms with Crippen LogP contribution in [0.1, 0.15) is 18.4 Å². The average molecular weight is 395 g/mol. The van der Waals surface area contributed by atoms with E-state index < -0.39 is 5.60 Å². The first-order valence-corrected chi connectivity index (χ1v) is 9.62. The number of carbonyl (C=O) groups excluding carboxylic acids is 1. The Balaban J connectivity index is 1.38. The van der Waals surface area contributed by atoms with E-state index in [-0.39, 0.29) is 6.03 Å². The summed E-state index contributed by atoms with van der Waals surface area (Å²) in [4.78, 5) is 20.4. The molecule has 0 unspecified atom stereocenters. The molecule has 1 saturated heterocycles. The predicted molar refractivity (Wildman–Crippen MR) is 111 cm³/mol. The summed E-state index contributed by atoms with van der Waals surface area (Å²) in [5.74, 6) is 1.51. The second kappa shape index (κ2) is 8.05. The van der Waals surface area contributed by atoms with E-state index in [0.29, 0.717) is 24.5 Å². The Labute approximate surface area is 170 Å². The first-order valence-electron chi connectivity index (χ1n) is 9.62.